The molecule has 1 saturated heterocycles. The van der Waals surface area contributed by atoms with Crippen LogP contribution in [0.3, 0.4) is 0 Å². The Morgan fingerprint density at radius 1 is 1.03 bits per heavy atom. The number of thiazole rings is 1. The van der Waals surface area contributed by atoms with Gasteiger partial charge in [0, 0.05) is 44.6 Å². The fourth-order valence-corrected chi connectivity index (χ4v) is 5.41. The van der Waals surface area contributed by atoms with Crippen LogP contribution >= 0.6 is 11.3 Å². The van der Waals surface area contributed by atoms with Crippen molar-refractivity contribution >= 4 is 21.7 Å². The highest BCUT2D eigenvalue weighted by Gasteiger charge is 2.21. The number of aryl methyl sites for hydroxylation is 1. The van der Waals surface area contributed by atoms with Crippen LogP contribution in [-0.2, 0) is 13.2 Å². The molecule has 0 amide bonds. The first-order valence-corrected chi connectivity index (χ1v) is 13.0. The second-order valence-electron chi connectivity index (χ2n) is 8.97. The lowest BCUT2D eigenvalue weighted by Crippen LogP contribution is -2.45. The molecule has 1 aliphatic heterocycles. The lowest BCUT2D eigenvalue weighted by atomic mass is 10.1. The van der Waals surface area contributed by atoms with Crippen LogP contribution in [0.2, 0.25) is 0 Å². The van der Waals surface area contributed by atoms with Gasteiger partial charge in [0.05, 0.1) is 11.8 Å². The Bertz CT molecular complexity index is 1370. The van der Waals surface area contributed by atoms with Gasteiger partial charge in [-0.05, 0) is 42.8 Å². The Morgan fingerprint density at radius 2 is 1.83 bits per heavy atom. The van der Waals surface area contributed by atoms with Crippen molar-refractivity contribution in [1.82, 2.24) is 29.7 Å². The van der Waals surface area contributed by atoms with E-state index < -0.39 is 5.92 Å². The van der Waals surface area contributed by atoms with Crippen molar-refractivity contribution in [2.45, 2.75) is 32.9 Å². The van der Waals surface area contributed by atoms with E-state index in [2.05, 4.69) is 67.0 Å². The summed E-state index contributed by atoms with van der Waals surface area (Å²) < 4.78 is 5.93. The molecule has 8 nitrogen and oxygen atoms in total. The van der Waals surface area contributed by atoms with Gasteiger partial charge in [-0.15, -0.1) is 0 Å². The molecule has 0 spiro atoms. The number of nitrogens with zero attached hydrogens (tertiary/aromatic N) is 7. The molecule has 0 saturated carbocycles. The van der Waals surface area contributed by atoms with Crippen molar-refractivity contribution in [2.75, 3.05) is 32.7 Å². The van der Waals surface area contributed by atoms with Gasteiger partial charge in [-0.25, -0.2) is 15.0 Å². The molecule has 4 aromatic rings. The Morgan fingerprint density at radius 3 is 2.64 bits per heavy atom. The van der Waals surface area contributed by atoms with E-state index in [4.69, 9.17) is 4.74 Å². The minimum Gasteiger partial charge on any atom is -0.459 e. The summed E-state index contributed by atoms with van der Waals surface area (Å²) in [6.07, 6.45) is 1.63. The highest BCUT2D eigenvalue weighted by Crippen LogP contribution is 2.30. The maximum atomic E-state index is 9.89. The van der Waals surface area contributed by atoms with Crippen LogP contribution in [0.25, 0.3) is 10.3 Å². The molecule has 1 unspecified atom stereocenters. The molecule has 0 aliphatic carbocycles. The lowest BCUT2D eigenvalue weighted by molar-refractivity contribution is 0.132. The molecule has 1 aliphatic rings. The van der Waals surface area contributed by atoms with Gasteiger partial charge in [0.25, 0.3) is 0 Å². The molecule has 4 heterocycles. The van der Waals surface area contributed by atoms with Gasteiger partial charge in [-0.1, -0.05) is 42.5 Å². The van der Waals surface area contributed by atoms with Crippen LogP contribution in [0.1, 0.15) is 40.4 Å². The Hall–Kier alpha value is -3.45. The molecular formula is C27H29N7OS. The van der Waals surface area contributed by atoms with Crippen LogP contribution in [0.4, 0.5) is 0 Å². The van der Waals surface area contributed by atoms with E-state index in [9.17, 15) is 5.26 Å². The summed E-state index contributed by atoms with van der Waals surface area (Å²) in [4.78, 5) is 23.7. The number of aromatic nitrogens is 4. The summed E-state index contributed by atoms with van der Waals surface area (Å²) in [5, 5.41) is 10.6. The van der Waals surface area contributed by atoms with Crippen molar-refractivity contribution in [1.29, 1.82) is 5.26 Å². The minimum absolute atomic E-state index is 0.254. The van der Waals surface area contributed by atoms with E-state index in [-0.39, 0.29) is 6.01 Å². The van der Waals surface area contributed by atoms with Crippen molar-refractivity contribution in [3.63, 3.8) is 0 Å². The molecule has 0 N–H and O–H groups in total. The zero-order valence-electron chi connectivity index (χ0n) is 20.6. The highest BCUT2D eigenvalue weighted by atomic mass is 32.1. The number of nitriles is 1. The van der Waals surface area contributed by atoms with E-state index in [1.54, 1.807) is 12.3 Å². The summed E-state index contributed by atoms with van der Waals surface area (Å²) in [5.41, 5.74) is 4.63. The Balaban J connectivity index is 1.24. The van der Waals surface area contributed by atoms with Crippen LogP contribution in [0, 0.1) is 18.3 Å². The van der Waals surface area contributed by atoms with Crippen LogP contribution in [-0.4, -0.2) is 62.5 Å². The largest absolute Gasteiger partial charge is 0.459 e. The van der Waals surface area contributed by atoms with Gasteiger partial charge in [0.15, 0.2) is 0 Å². The van der Waals surface area contributed by atoms with Crippen LogP contribution in [0.15, 0.2) is 48.7 Å². The van der Waals surface area contributed by atoms with Gasteiger partial charge < -0.3 is 9.64 Å². The molecular weight excluding hydrogens is 470 g/mol. The number of pyridine rings is 1. The third kappa shape index (κ3) is 5.68. The topological polar surface area (TPSA) is 91.1 Å². The molecule has 1 aromatic carbocycles. The first-order chi connectivity index (χ1) is 17.6. The highest BCUT2D eigenvalue weighted by molar-refractivity contribution is 7.18. The number of likely N-dealkylation sites (N-methyl/N-ethyl adjacent to an activating group) is 1. The number of hydrogen-bond acceptors (Lipinski definition) is 9. The zero-order chi connectivity index (χ0) is 24.9. The normalized spacial score (nSPS) is 15.6. The second kappa shape index (κ2) is 11.1. The fourth-order valence-electron chi connectivity index (χ4n) is 4.37. The number of hydrogen-bond donors (Lipinski definition) is 0. The molecule has 0 radical (unpaired) electrons. The quantitative estimate of drug-likeness (QED) is 0.357. The van der Waals surface area contributed by atoms with E-state index in [0.717, 1.165) is 60.9 Å². The zero-order valence-corrected chi connectivity index (χ0v) is 21.4. The first kappa shape index (κ1) is 24.3. The van der Waals surface area contributed by atoms with Crippen molar-refractivity contribution in [3.05, 3.63) is 76.2 Å². The average molecular weight is 500 g/mol. The Labute approximate surface area is 215 Å². The standard InChI is InChI=1S/C27H29N7OS/c1-3-33-11-13-34(14-12-33)17-20-5-4-6-21(15-20)18-35-27-29-10-9-23(32-27)22(16-28)25-31-24-8-7-19(2)30-26(24)36-25/h4-10,15,22H,3,11-14,17-18H2,1-2H3. The van der Waals surface area contributed by atoms with Gasteiger partial charge in [-0.2, -0.15) is 10.2 Å². The van der Waals surface area contributed by atoms with Gasteiger partial charge in [0.2, 0.25) is 0 Å². The number of ether oxygens (including phenoxy) is 1. The predicted octanol–water partition coefficient (Wildman–Crippen LogP) is 4.16. The van der Waals surface area contributed by atoms with Crippen LogP contribution < -0.4 is 4.74 Å². The Kier molecular flexibility index (Phi) is 7.47. The third-order valence-corrected chi connectivity index (χ3v) is 7.45. The van der Waals surface area contributed by atoms with Crippen LogP contribution in [0.5, 0.6) is 6.01 Å². The van der Waals surface area contributed by atoms with Gasteiger partial charge in [0.1, 0.15) is 27.9 Å². The molecule has 36 heavy (non-hydrogen) atoms. The predicted molar refractivity (Wildman–Crippen MR) is 140 cm³/mol. The molecule has 9 heteroatoms. The number of benzene rings is 1. The maximum Gasteiger partial charge on any atom is 0.316 e. The molecule has 1 atom stereocenters. The summed E-state index contributed by atoms with van der Waals surface area (Å²) in [6, 6.07) is 16.7. The summed E-state index contributed by atoms with van der Waals surface area (Å²) in [7, 11) is 0. The monoisotopic (exact) mass is 499 g/mol. The molecule has 5 rings (SSSR count). The smallest absolute Gasteiger partial charge is 0.316 e. The third-order valence-electron chi connectivity index (χ3n) is 6.42. The molecule has 1 fully saturated rings. The molecule has 3 aromatic heterocycles. The molecule has 0 bridgehead atoms. The second-order valence-corrected chi connectivity index (χ2v) is 9.98. The number of rotatable bonds is 8. The van der Waals surface area contributed by atoms with E-state index in [0.29, 0.717) is 17.3 Å². The number of fused-ring (bicyclic) bond motifs is 1. The van der Waals surface area contributed by atoms with E-state index in [1.165, 1.54) is 16.9 Å². The van der Waals surface area contributed by atoms with Gasteiger partial charge >= 0.3 is 6.01 Å². The summed E-state index contributed by atoms with van der Waals surface area (Å²) in [5.74, 6) is -0.605. The summed E-state index contributed by atoms with van der Waals surface area (Å²) in [6.45, 7) is 11.0. The van der Waals surface area contributed by atoms with Crippen molar-refractivity contribution in [2.24, 2.45) is 0 Å². The minimum atomic E-state index is -0.605. The van der Waals surface area contributed by atoms with Gasteiger partial charge in [-0.3, -0.25) is 4.90 Å². The lowest BCUT2D eigenvalue weighted by Gasteiger charge is -2.34. The maximum absolute atomic E-state index is 9.89. The van der Waals surface area contributed by atoms with Crippen molar-refractivity contribution < 1.29 is 4.74 Å². The van der Waals surface area contributed by atoms with E-state index >= 15 is 0 Å². The molecule has 184 valence electrons. The average Bonchev–Trinajstić information content (AvgIpc) is 3.31. The summed E-state index contributed by atoms with van der Waals surface area (Å²) >= 11 is 1.42. The van der Waals surface area contributed by atoms with E-state index in [1.807, 2.05) is 19.1 Å². The first-order valence-electron chi connectivity index (χ1n) is 12.2. The SMILES string of the molecule is CCN1CCN(Cc2cccc(COc3nccc(C(C#N)c4nc5ccc(C)nc5s4)n3)c2)CC1. The fraction of sp³-hybridized carbons (Fsp3) is 0.370. The van der Waals surface area contributed by atoms with Crippen molar-refractivity contribution in [3.8, 4) is 12.1 Å². The number of piperazine rings is 1.